The van der Waals surface area contributed by atoms with Gasteiger partial charge in [0.1, 0.15) is 10.6 Å². The molecule has 0 spiro atoms. The molecule has 0 bridgehead atoms. The average molecular weight is 333 g/mol. The number of carbonyl (C=O) groups is 1. The predicted octanol–water partition coefficient (Wildman–Crippen LogP) is 2.75. The quantitative estimate of drug-likeness (QED) is 0.814. The van der Waals surface area contributed by atoms with Gasteiger partial charge >= 0.3 is 0 Å². The molecule has 1 N–H and O–H groups in total. The molecule has 0 radical (unpaired) electrons. The Morgan fingerprint density at radius 3 is 2.62 bits per heavy atom. The van der Waals surface area contributed by atoms with E-state index in [1.54, 1.807) is 4.57 Å². The number of rotatable bonds is 6. The maximum absolute atomic E-state index is 12.3. The topological polar surface area (TPSA) is 68.2 Å². The maximum Gasteiger partial charge on any atom is 0.267 e. The summed E-state index contributed by atoms with van der Waals surface area (Å²) in [7, 11) is 1.54. The standard InChI is InChI=1S/C14H21ClN2O3S/c1-3-7-17-9-11(21(15,19)20)8-12(17)13(18)16-10-14(2)5-4-6-14/h8-9H,3-7,10H2,1-2H3,(H,16,18). The fraction of sp³-hybridized carbons (Fsp3) is 0.643. The fourth-order valence-electron chi connectivity index (χ4n) is 2.57. The minimum atomic E-state index is -3.82. The molecule has 1 aliphatic carbocycles. The summed E-state index contributed by atoms with van der Waals surface area (Å²) in [6.45, 7) is 5.31. The van der Waals surface area contributed by atoms with Gasteiger partial charge in [-0.3, -0.25) is 4.79 Å². The van der Waals surface area contributed by atoms with Crippen LogP contribution in [-0.2, 0) is 15.6 Å². The Hall–Kier alpha value is -1.01. The molecule has 0 atom stereocenters. The van der Waals surface area contributed by atoms with E-state index in [1.807, 2.05) is 6.92 Å². The summed E-state index contributed by atoms with van der Waals surface area (Å²) in [6, 6.07) is 1.34. The van der Waals surface area contributed by atoms with E-state index in [-0.39, 0.29) is 16.2 Å². The predicted molar refractivity (Wildman–Crippen MR) is 82.1 cm³/mol. The number of hydrogen-bond acceptors (Lipinski definition) is 3. The van der Waals surface area contributed by atoms with Crippen LogP contribution in [-0.4, -0.2) is 25.4 Å². The lowest BCUT2D eigenvalue weighted by molar-refractivity contribution is 0.0881. The molecule has 0 saturated heterocycles. The van der Waals surface area contributed by atoms with Gasteiger partial charge in [0, 0.05) is 30.0 Å². The zero-order valence-corrected chi connectivity index (χ0v) is 13.9. The molecule has 1 fully saturated rings. The van der Waals surface area contributed by atoms with Crippen LogP contribution >= 0.6 is 10.7 Å². The van der Waals surface area contributed by atoms with Gasteiger partial charge in [-0.05, 0) is 30.7 Å². The summed E-state index contributed by atoms with van der Waals surface area (Å²) in [5.74, 6) is -0.247. The van der Waals surface area contributed by atoms with Crippen LogP contribution in [0.3, 0.4) is 0 Å². The van der Waals surface area contributed by atoms with Gasteiger partial charge in [0.2, 0.25) is 0 Å². The van der Waals surface area contributed by atoms with Crippen LogP contribution in [0.1, 0.15) is 50.0 Å². The Labute approximate surface area is 130 Å². The van der Waals surface area contributed by atoms with E-state index in [9.17, 15) is 13.2 Å². The molecule has 1 aromatic heterocycles. The second-order valence-corrected chi connectivity index (χ2v) is 8.61. The van der Waals surface area contributed by atoms with Crippen molar-refractivity contribution in [2.75, 3.05) is 6.54 Å². The summed E-state index contributed by atoms with van der Waals surface area (Å²) >= 11 is 0. The summed E-state index contributed by atoms with van der Waals surface area (Å²) in [4.78, 5) is 12.3. The first-order valence-corrected chi connectivity index (χ1v) is 9.49. The zero-order valence-electron chi connectivity index (χ0n) is 12.4. The molecular weight excluding hydrogens is 312 g/mol. The molecule has 118 valence electrons. The van der Waals surface area contributed by atoms with E-state index >= 15 is 0 Å². The number of carbonyl (C=O) groups excluding carboxylic acids is 1. The molecule has 1 saturated carbocycles. The molecule has 5 nitrogen and oxygen atoms in total. The average Bonchev–Trinajstić information content (AvgIpc) is 2.78. The van der Waals surface area contributed by atoms with Crippen LogP contribution in [0.5, 0.6) is 0 Å². The smallest absolute Gasteiger partial charge is 0.267 e. The van der Waals surface area contributed by atoms with E-state index in [0.29, 0.717) is 18.8 Å². The molecule has 21 heavy (non-hydrogen) atoms. The molecule has 0 aromatic carbocycles. The van der Waals surface area contributed by atoms with Crippen molar-refractivity contribution in [3.05, 3.63) is 18.0 Å². The van der Waals surface area contributed by atoms with Crippen LogP contribution in [0.2, 0.25) is 0 Å². The lowest BCUT2D eigenvalue weighted by Gasteiger charge is -2.38. The number of nitrogens with zero attached hydrogens (tertiary/aromatic N) is 1. The number of aromatic nitrogens is 1. The summed E-state index contributed by atoms with van der Waals surface area (Å²) in [5, 5.41) is 2.91. The van der Waals surface area contributed by atoms with Gasteiger partial charge in [0.05, 0.1) is 0 Å². The van der Waals surface area contributed by atoms with Gasteiger partial charge in [-0.2, -0.15) is 0 Å². The van der Waals surface area contributed by atoms with Gasteiger partial charge in [-0.1, -0.05) is 20.3 Å². The highest BCUT2D eigenvalue weighted by molar-refractivity contribution is 8.13. The number of hydrogen-bond donors (Lipinski definition) is 1. The van der Waals surface area contributed by atoms with Crippen LogP contribution < -0.4 is 5.32 Å². The Bertz CT molecular complexity index is 633. The third kappa shape index (κ3) is 3.80. The largest absolute Gasteiger partial charge is 0.350 e. The minimum Gasteiger partial charge on any atom is -0.350 e. The van der Waals surface area contributed by atoms with Crippen molar-refractivity contribution in [3.8, 4) is 0 Å². The van der Waals surface area contributed by atoms with E-state index in [4.69, 9.17) is 10.7 Å². The third-order valence-electron chi connectivity index (χ3n) is 4.09. The summed E-state index contributed by atoms with van der Waals surface area (Å²) in [6.07, 6.45) is 5.66. The fourth-order valence-corrected chi connectivity index (χ4v) is 3.33. The summed E-state index contributed by atoms with van der Waals surface area (Å²) < 4.78 is 24.5. The molecule has 1 aromatic rings. The highest BCUT2D eigenvalue weighted by Crippen LogP contribution is 2.39. The van der Waals surface area contributed by atoms with Crippen LogP contribution in [0.15, 0.2) is 17.2 Å². The number of aryl methyl sites for hydroxylation is 1. The van der Waals surface area contributed by atoms with Crippen molar-refractivity contribution in [1.29, 1.82) is 0 Å². The van der Waals surface area contributed by atoms with Gasteiger partial charge < -0.3 is 9.88 Å². The van der Waals surface area contributed by atoms with E-state index < -0.39 is 9.05 Å². The van der Waals surface area contributed by atoms with E-state index in [1.165, 1.54) is 18.7 Å². The van der Waals surface area contributed by atoms with E-state index in [2.05, 4.69) is 12.2 Å². The molecular formula is C14H21ClN2O3S. The van der Waals surface area contributed by atoms with Gasteiger partial charge in [0.25, 0.3) is 15.0 Å². The Kier molecular flexibility index (Phi) is 4.68. The normalized spacial score (nSPS) is 17.3. The number of amides is 1. The third-order valence-corrected chi connectivity index (χ3v) is 5.41. The monoisotopic (exact) mass is 332 g/mol. The Balaban J connectivity index is 2.16. The SMILES string of the molecule is CCCn1cc(S(=O)(=O)Cl)cc1C(=O)NCC1(C)CCC1. The van der Waals surface area contributed by atoms with E-state index in [0.717, 1.165) is 19.3 Å². The molecule has 0 unspecified atom stereocenters. The van der Waals surface area contributed by atoms with Crippen molar-refractivity contribution in [2.24, 2.45) is 5.41 Å². The Morgan fingerprint density at radius 2 is 2.14 bits per heavy atom. The van der Waals surface area contributed by atoms with Crippen LogP contribution in [0, 0.1) is 5.41 Å². The zero-order chi connectivity index (χ0) is 15.7. The number of nitrogens with one attached hydrogen (secondary N) is 1. The molecule has 1 heterocycles. The van der Waals surface area contributed by atoms with Crippen LogP contribution in [0.25, 0.3) is 0 Å². The van der Waals surface area contributed by atoms with Crippen LogP contribution in [0.4, 0.5) is 0 Å². The van der Waals surface area contributed by atoms with Crippen molar-refractivity contribution >= 4 is 25.6 Å². The lowest BCUT2D eigenvalue weighted by atomic mass is 9.70. The molecule has 7 heteroatoms. The molecule has 1 amide bonds. The van der Waals surface area contributed by atoms with Gasteiger partial charge in [0.15, 0.2) is 0 Å². The second-order valence-electron chi connectivity index (χ2n) is 6.04. The van der Waals surface area contributed by atoms with Gasteiger partial charge in [-0.15, -0.1) is 0 Å². The first-order valence-electron chi connectivity index (χ1n) is 7.18. The first kappa shape index (κ1) is 16.4. The van der Waals surface area contributed by atoms with Gasteiger partial charge in [-0.25, -0.2) is 8.42 Å². The highest BCUT2D eigenvalue weighted by atomic mass is 35.7. The van der Waals surface area contributed by atoms with Crippen molar-refractivity contribution in [1.82, 2.24) is 9.88 Å². The molecule has 2 rings (SSSR count). The minimum absolute atomic E-state index is 0.0300. The lowest BCUT2D eigenvalue weighted by Crippen LogP contribution is -2.40. The summed E-state index contributed by atoms with van der Waals surface area (Å²) in [5.41, 5.74) is 0.526. The Morgan fingerprint density at radius 1 is 1.48 bits per heavy atom. The second kappa shape index (κ2) is 6.01. The maximum atomic E-state index is 12.3. The number of halogens is 1. The molecule has 1 aliphatic rings. The van der Waals surface area contributed by atoms with Crippen molar-refractivity contribution < 1.29 is 13.2 Å². The van der Waals surface area contributed by atoms with Crippen molar-refractivity contribution in [2.45, 2.75) is 51.0 Å². The molecule has 0 aliphatic heterocycles. The van der Waals surface area contributed by atoms with Crippen molar-refractivity contribution in [3.63, 3.8) is 0 Å². The highest BCUT2D eigenvalue weighted by Gasteiger charge is 2.32. The first-order chi connectivity index (χ1) is 9.75.